The van der Waals surface area contributed by atoms with E-state index < -0.39 is 18.3 Å². The van der Waals surface area contributed by atoms with Crippen molar-refractivity contribution in [2.45, 2.75) is 64.3 Å². The summed E-state index contributed by atoms with van der Waals surface area (Å²) in [6.45, 7) is 6.90. The van der Waals surface area contributed by atoms with Crippen molar-refractivity contribution < 1.29 is 19.5 Å². The molecule has 0 bridgehead atoms. The van der Waals surface area contributed by atoms with Gasteiger partial charge in [0.1, 0.15) is 0 Å². The van der Waals surface area contributed by atoms with Gasteiger partial charge in [-0.05, 0) is 52.4 Å². The van der Waals surface area contributed by atoms with Crippen molar-refractivity contribution in [1.82, 2.24) is 0 Å². The molecule has 18 heavy (non-hydrogen) atoms. The average molecular weight is 256 g/mol. The number of hydrogen-bond acceptors (Lipinski definition) is 4. The Morgan fingerprint density at radius 1 is 1.33 bits per heavy atom. The van der Waals surface area contributed by atoms with Gasteiger partial charge in [-0.1, -0.05) is 6.08 Å². The third-order valence-electron chi connectivity index (χ3n) is 3.93. The molecule has 0 aromatic carbocycles. The van der Waals surface area contributed by atoms with Gasteiger partial charge in [-0.2, -0.15) is 0 Å². The zero-order valence-corrected chi connectivity index (χ0v) is 12.1. The minimum absolute atomic E-state index is 0.239. The van der Waals surface area contributed by atoms with Crippen molar-refractivity contribution in [1.29, 1.82) is 0 Å². The summed E-state index contributed by atoms with van der Waals surface area (Å²) >= 11 is 0. The molecule has 5 heteroatoms. The molecule has 0 aromatic rings. The van der Waals surface area contributed by atoms with Crippen LogP contribution in [0.25, 0.3) is 0 Å². The molecular formula is C13H25BO4. The molecule has 0 fully saturated rings. The molecular weight excluding hydrogens is 231 g/mol. The molecule has 0 spiro atoms. The zero-order valence-electron chi connectivity index (χ0n) is 12.1. The van der Waals surface area contributed by atoms with Gasteiger partial charge in [-0.25, -0.2) is 0 Å². The van der Waals surface area contributed by atoms with Crippen LogP contribution in [0.4, 0.5) is 0 Å². The number of ether oxygens (including phenoxy) is 1. The minimum Gasteiger partial charge on any atom is -0.423 e. The largest absolute Gasteiger partial charge is 0.487 e. The van der Waals surface area contributed by atoms with Crippen molar-refractivity contribution in [3.8, 4) is 0 Å². The topological polar surface area (TPSA) is 58.9 Å². The van der Waals surface area contributed by atoms with Gasteiger partial charge in [0.25, 0.3) is 0 Å². The molecule has 1 aliphatic rings. The molecule has 0 saturated heterocycles. The first-order chi connectivity index (χ1) is 8.17. The number of rotatable bonds is 5. The Bertz CT molecular complexity index is 307. The first-order valence-electron chi connectivity index (χ1n) is 6.47. The molecule has 2 N–H and O–H groups in total. The van der Waals surface area contributed by atoms with E-state index in [4.69, 9.17) is 9.39 Å². The van der Waals surface area contributed by atoms with Crippen molar-refractivity contribution in [2.75, 3.05) is 7.11 Å². The molecule has 1 aliphatic carbocycles. The van der Waals surface area contributed by atoms with Crippen LogP contribution in [0.5, 0.6) is 0 Å². The van der Waals surface area contributed by atoms with Crippen molar-refractivity contribution >= 4 is 7.12 Å². The highest BCUT2D eigenvalue weighted by atomic mass is 16.5. The van der Waals surface area contributed by atoms with Crippen molar-refractivity contribution in [2.24, 2.45) is 0 Å². The van der Waals surface area contributed by atoms with Gasteiger partial charge in [0, 0.05) is 7.11 Å². The zero-order chi connectivity index (χ0) is 14.0. The highest BCUT2D eigenvalue weighted by Crippen LogP contribution is 2.29. The Morgan fingerprint density at radius 2 is 1.94 bits per heavy atom. The van der Waals surface area contributed by atoms with Crippen LogP contribution in [-0.2, 0) is 9.39 Å². The monoisotopic (exact) mass is 256 g/mol. The number of allylic oxidation sites excluding steroid dienone is 1. The van der Waals surface area contributed by atoms with E-state index in [0.29, 0.717) is 0 Å². The third kappa shape index (κ3) is 3.82. The van der Waals surface area contributed by atoms with E-state index in [0.717, 1.165) is 24.7 Å². The average Bonchev–Trinajstić information content (AvgIpc) is 2.27. The Kier molecular flexibility index (Phi) is 5.01. The van der Waals surface area contributed by atoms with E-state index >= 15 is 0 Å². The maximum Gasteiger partial charge on any atom is 0.487 e. The molecule has 0 amide bonds. The number of hydrogen-bond donors (Lipinski definition) is 2. The number of aliphatic hydroxyl groups is 1. The summed E-state index contributed by atoms with van der Waals surface area (Å²) in [4.78, 5) is 0. The maximum absolute atomic E-state index is 10.1. The van der Waals surface area contributed by atoms with E-state index in [1.54, 1.807) is 34.8 Å². The minimum atomic E-state index is -1.02. The van der Waals surface area contributed by atoms with E-state index in [1.165, 1.54) is 0 Å². The Hall–Kier alpha value is -0.355. The lowest BCUT2D eigenvalue weighted by Gasteiger charge is -2.39. The van der Waals surface area contributed by atoms with Crippen LogP contribution in [-0.4, -0.2) is 41.7 Å². The molecule has 1 atom stereocenters. The van der Waals surface area contributed by atoms with Crippen LogP contribution in [0.3, 0.4) is 0 Å². The quantitative estimate of drug-likeness (QED) is 0.735. The Balaban J connectivity index is 2.62. The molecule has 0 aromatic heterocycles. The lowest BCUT2D eigenvalue weighted by molar-refractivity contribution is -0.0990. The van der Waals surface area contributed by atoms with Crippen LogP contribution in [0.15, 0.2) is 11.5 Å². The lowest BCUT2D eigenvalue weighted by atomic mass is 9.71. The Morgan fingerprint density at radius 3 is 2.33 bits per heavy atom. The number of methoxy groups -OCH3 is 1. The highest BCUT2D eigenvalue weighted by molar-refractivity contribution is 6.52. The second-order valence-electron chi connectivity index (χ2n) is 5.95. The van der Waals surface area contributed by atoms with Crippen LogP contribution in [0.2, 0.25) is 0 Å². The van der Waals surface area contributed by atoms with Crippen LogP contribution in [0, 0.1) is 0 Å². The second-order valence-corrected chi connectivity index (χ2v) is 5.95. The summed E-state index contributed by atoms with van der Waals surface area (Å²) in [6, 6.07) is 0. The Labute approximate surface area is 110 Å². The summed E-state index contributed by atoms with van der Waals surface area (Å²) < 4.78 is 10.9. The predicted molar refractivity (Wildman–Crippen MR) is 72.2 cm³/mol. The fourth-order valence-electron chi connectivity index (χ4n) is 1.77. The first-order valence-corrected chi connectivity index (χ1v) is 6.47. The highest BCUT2D eigenvalue weighted by Gasteiger charge is 2.40. The molecule has 0 radical (unpaired) electrons. The summed E-state index contributed by atoms with van der Waals surface area (Å²) in [5.41, 5.74) is -0.954. The SMILES string of the molecule is COC1CC=C(B(O)OC(C)(C)C(C)(C)O)CC1. The molecule has 1 rings (SSSR count). The molecule has 104 valence electrons. The molecule has 0 heterocycles. The summed E-state index contributed by atoms with van der Waals surface area (Å²) in [7, 11) is 0.748. The molecule has 0 saturated carbocycles. The van der Waals surface area contributed by atoms with Crippen molar-refractivity contribution in [3.05, 3.63) is 11.5 Å². The first kappa shape index (κ1) is 15.7. The normalized spacial score (nSPS) is 21.7. The summed E-state index contributed by atoms with van der Waals surface area (Å²) in [6.07, 6.45) is 4.67. The van der Waals surface area contributed by atoms with E-state index in [1.807, 2.05) is 6.08 Å². The third-order valence-corrected chi connectivity index (χ3v) is 3.93. The van der Waals surface area contributed by atoms with Crippen molar-refractivity contribution in [3.63, 3.8) is 0 Å². The summed E-state index contributed by atoms with van der Waals surface area (Å²) in [5, 5.41) is 20.1. The van der Waals surface area contributed by atoms with E-state index in [-0.39, 0.29) is 6.10 Å². The standard InChI is InChI=1S/C13H25BO4/c1-12(2,15)13(3,4)18-14(16)10-6-8-11(17-5)9-7-10/h6,11,15-16H,7-9H2,1-5H3. The van der Waals surface area contributed by atoms with Crippen LogP contribution in [0.1, 0.15) is 47.0 Å². The molecule has 0 aliphatic heterocycles. The van der Waals surface area contributed by atoms with Gasteiger partial charge in [0.15, 0.2) is 0 Å². The van der Waals surface area contributed by atoms with E-state index in [2.05, 4.69) is 0 Å². The van der Waals surface area contributed by atoms with Gasteiger partial charge in [-0.3, -0.25) is 0 Å². The van der Waals surface area contributed by atoms with Crippen LogP contribution < -0.4 is 0 Å². The van der Waals surface area contributed by atoms with Gasteiger partial charge in [0.2, 0.25) is 0 Å². The van der Waals surface area contributed by atoms with Gasteiger partial charge in [-0.15, -0.1) is 0 Å². The maximum atomic E-state index is 10.1. The van der Waals surface area contributed by atoms with Gasteiger partial charge >= 0.3 is 7.12 Å². The fourth-order valence-corrected chi connectivity index (χ4v) is 1.77. The van der Waals surface area contributed by atoms with Gasteiger partial charge in [0.05, 0.1) is 17.3 Å². The molecule has 4 nitrogen and oxygen atoms in total. The second kappa shape index (κ2) is 5.74. The fraction of sp³-hybridized carbons (Fsp3) is 0.846. The lowest BCUT2D eigenvalue weighted by Crippen LogP contribution is -2.51. The van der Waals surface area contributed by atoms with Gasteiger partial charge < -0.3 is 19.5 Å². The summed E-state index contributed by atoms with van der Waals surface area (Å²) in [5.74, 6) is 0. The predicted octanol–water partition coefficient (Wildman–Crippen LogP) is 1.70. The smallest absolute Gasteiger partial charge is 0.423 e. The van der Waals surface area contributed by atoms with Crippen LogP contribution >= 0.6 is 0 Å². The van der Waals surface area contributed by atoms with E-state index in [9.17, 15) is 10.1 Å². The molecule has 1 unspecified atom stereocenters.